The average molecular weight is 345 g/mol. The fraction of sp³-hybridized carbons (Fsp3) is 0.700. The molecule has 3 fully saturated rings. The zero-order valence-electron chi connectivity index (χ0n) is 15.5. The van der Waals surface area contributed by atoms with E-state index in [2.05, 4.69) is 45.9 Å². The molecule has 5 heteroatoms. The molecule has 0 atom stereocenters. The number of rotatable bonds is 4. The van der Waals surface area contributed by atoms with E-state index in [9.17, 15) is 0 Å². The summed E-state index contributed by atoms with van der Waals surface area (Å²) in [4.78, 5) is 7.60. The molecule has 5 nitrogen and oxygen atoms in total. The molecule has 0 aromatic heterocycles. The minimum atomic E-state index is -0.333. The molecule has 0 radical (unpaired) electrons. The second-order valence-electron chi connectivity index (χ2n) is 7.47. The lowest BCUT2D eigenvalue weighted by atomic mass is 10.0. The highest BCUT2D eigenvalue weighted by Gasteiger charge is 2.40. The van der Waals surface area contributed by atoms with Gasteiger partial charge in [-0.25, -0.2) is 0 Å². The zero-order valence-corrected chi connectivity index (χ0v) is 15.5. The van der Waals surface area contributed by atoms with Crippen molar-refractivity contribution in [3.05, 3.63) is 29.8 Å². The standard InChI is InChI=1S/C20H31N3O2/c1-2-21-10-12-23(13-11-21)19-7-4-3-6-18(19)16-22-9-5-8-20(17-22)24-14-15-25-20/h3-4,6-7H,2,5,8-17H2,1H3. The Morgan fingerprint density at radius 1 is 0.960 bits per heavy atom. The second kappa shape index (κ2) is 7.62. The van der Waals surface area contributed by atoms with Crippen LogP contribution in [-0.2, 0) is 16.0 Å². The van der Waals surface area contributed by atoms with Crippen LogP contribution in [0.15, 0.2) is 24.3 Å². The van der Waals surface area contributed by atoms with E-state index in [0.29, 0.717) is 0 Å². The highest BCUT2D eigenvalue weighted by molar-refractivity contribution is 5.54. The molecule has 0 unspecified atom stereocenters. The Labute approximate surface area is 151 Å². The molecule has 0 N–H and O–H groups in total. The van der Waals surface area contributed by atoms with Gasteiger partial charge >= 0.3 is 0 Å². The van der Waals surface area contributed by atoms with Crippen LogP contribution in [0, 0.1) is 0 Å². The highest BCUT2D eigenvalue weighted by atomic mass is 16.7. The summed E-state index contributed by atoms with van der Waals surface area (Å²) in [5, 5.41) is 0. The molecule has 0 bridgehead atoms. The third-order valence-electron chi connectivity index (χ3n) is 5.86. The minimum Gasteiger partial charge on any atom is -0.369 e. The molecule has 1 aromatic carbocycles. The van der Waals surface area contributed by atoms with E-state index in [1.54, 1.807) is 0 Å². The lowest BCUT2D eigenvalue weighted by molar-refractivity contribution is -0.190. The molecule has 3 aliphatic heterocycles. The maximum atomic E-state index is 5.94. The van der Waals surface area contributed by atoms with Crippen molar-refractivity contribution in [2.75, 3.05) is 63.9 Å². The first-order valence-electron chi connectivity index (χ1n) is 9.83. The second-order valence-corrected chi connectivity index (χ2v) is 7.47. The molecule has 0 aliphatic carbocycles. The van der Waals surface area contributed by atoms with Crippen LogP contribution < -0.4 is 4.90 Å². The Bertz CT molecular complexity index is 566. The van der Waals surface area contributed by atoms with Crippen molar-refractivity contribution in [3.8, 4) is 0 Å². The zero-order chi connectivity index (χ0) is 17.1. The molecule has 3 aliphatic rings. The van der Waals surface area contributed by atoms with E-state index in [1.807, 2.05) is 0 Å². The molecule has 3 saturated heterocycles. The number of piperazine rings is 1. The number of para-hydroxylation sites is 1. The minimum absolute atomic E-state index is 0.333. The van der Waals surface area contributed by atoms with Gasteiger partial charge in [-0.1, -0.05) is 25.1 Å². The Morgan fingerprint density at radius 3 is 2.48 bits per heavy atom. The van der Waals surface area contributed by atoms with Crippen LogP contribution in [0.5, 0.6) is 0 Å². The predicted octanol–water partition coefficient (Wildman–Crippen LogP) is 2.17. The van der Waals surface area contributed by atoms with Crippen LogP contribution in [0.4, 0.5) is 5.69 Å². The first-order chi connectivity index (χ1) is 12.3. The van der Waals surface area contributed by atoms with Gasteiger partial charge in [-0.3, -0.25) is 4.90 Å². The number of ether oxygens (including phenoxy) is 2. The molecule has 1 spiro atoms. The van der Waals surface area contributed by atoms with Crippen molar-refractivity contribution in [2.24, 2.45) is 0 Å². The number of benzene rings is 1. The summed E-state index contributed by atoms with van der Waals surface area (Å²) in [5.74, 6) is -0.333. The fourth-order valence-corrected chi connectivity index (χ4v) is 4.44. The molecule has 3 heterocycles. The van der Waals surface area contributed by atoms with Gasteiger partial charge in [0.25, 0.3) is 0 Å². The van der Waals surface area contributed by atoms with Crippen molar-refractivity contribution < 1.29 is 9.47 Å². The van der Waals surface area contributed by atoms with E-state index in [1.165, 1.54) is 24.3 Å². The SMILES string of the molecule is CCN1CCN(c2ccccc2CN2CCCC3(C2)OCCO3)CC1. The van der Waals surface area contributed by atoms with Crippen LogP contribution in [0.2, 0.25) is 0 Å². The topological polar surface area (TPSA) is 28.2 Å². The van der Waals surface area contributed by atoms with Crippen molar-refractivity contribution in [1.82, 2.24) is 9.80 Å². The lowest BCUT2D eigenvalue weighted by Crippen LogP contribution is -2.49. The number of nitrogens with zero attached hydrogens (tertiary/aromatic N) is 3. The molecule has 4 rings (SSSR count). The molecular weight excluding hydrogens is 314 g/mol. The van der Waals surface area contributed by atoms with Crippen LogP contribution in [0.25, 0.3) is 0 Å². The van der Waals surface area contributed by atoms with Crippen molar-refractivity contribution >= 4 is 5.69 Å². The van der Waals surface area contributed by atoms with Gasteiger partial charge in [-0.2, -0.15) is 0 Å². The summed E-state index contributed by atoms with van der Waals surface area (Å²) < 4.78 is 11.9. The van der Waals surface area contributed by atoms with Crippen molar-refractivity contribution in [3.63, 3.8) is 0 Å². The van der Waals surface area contributed by atoms with E-state index in [4.69, 9.17) is 9.47 Å². The number of hydrogen-bond acceptors (Lipinski definition) is 5. The molecule has 1 aromatic rings. The van der Waals surface area contributed by atoms with Gasteiger partial charge in [-0.05, 0) is 31.1 Å². The fourth-order valence-electron chi connectivity index (χ4n) is 4.44. The van der Waals surface area contributed by atoms with Crippen LogP contribution in [-0.4, -0.2) is 74.6 Å². The van der Waals surface area contributed by atoms with Gasteiger partial charge in [0.2, 0.25) is 0 Å². The first-order valence-corrected chi connectivity index (χ1v) is 9.83. The Hall–Kier alpha value is -1.14. The average Bonchev–Trinajstić information content (AvgIpc) is 3.10. The Morgan fingerprint density at radius 2 is 1.72 bits per heavy atom. The van der Waals surface area contributed by atoms with Crippen LogP contribution >= 0.6 is 0 Å². The largest absolute Gasteiger partial charge is 0.369 e. The summed E-state index contributed by atoms with van der Waals surface area (Å²) in [6.45, 7) is 12.5. The molecule has 25 heavy (non-hydrogen) atoms. The van der Waals surface area contributed by atoms with E-state index >= 15 is 0 Å². The normalized spacial score (nSPS) is 24.9. The highest BCUT2D eigenvalue weighted by Crippen LogP contribution is 2.32. The van der Waals surface area contributed by atoms with Gasteiger partial charge in [0, 0.05) is 44.8 Å². The molecular formula is C20H31N3O2. The third kappa shape index (κ3) is 3.85. The molecule has 0 saturated carbocycles. The van der Waals surface area contributed by atoms with Gasteiger partial charge in [0.05, 0.1) is 19.8 Å². The summed E-state index contributed by atoms with van der Waals surface area (Å²) >= 11 is 0. The maximum Gasteiger partial charge on any atom is 0.181 e. The quantitative estimate of drug-likeness (QED) is 0.834. The van der Waals surface area contributed by atoms with Gasteiger partial charge in [0.15, 0.2) is 5.79 Å². The number of piperidine rings is 1. The van der Waals surface area contributed by atoms with Gasteiger partial charge < -0.3 is 19.3 Å². The smallest absolute Gasteiger partial charge is 0.181 e. The molecule has 138 valence electrons. The summed E-state index contributed by atoms with van der Waals surface area (Å²) in [5.41, 5.74) is 2.84. The van der Waals surface area contributed by atoms with Gasteiger partial charge in [0.1, 0.15) is 0 Å². The molecule has 0 amide bonds. The van der Waals surface area contributed by atoms with Crippen LogP contribution in [0.1, 0.15) is 25.3 Å². The van der Waals surface area contributed by atoms with Gasteiger partial charge in [-0.15, -0.1) is 0 Å². The number of anilines is 1. The van der Waals surface area contributed by atoms with E-state index in [0.717, 1.165) is 65.3 Å². The Kier molecular flexibility index (Phi) is 5.27. The first kappa shape index (κ1) is 17.3. The summed E-state index contributed by atoms with van der Waals surface area (Å²) in [6.07, 6.45) is 2.18. The predicted molar refractivity (Wildman–Crippen MR) is 99.9 cm³/mol. The van der Waals surface area contributed by atoms with E-state index in [-0.39, 0.29) is 5.79 Å². The third-order valence-corrected chi connectivity index (χ3v) is 5.86. The lowest BCUT2D eigenvalue weighted by Gasteiger charge is -2.40. The van der Waals surface area contributed by atoms with Crippen molar-refractivity contribution in [2.45, 2.75) is 32.1 Å². The summed E-state index contributed by atoms with van der Waals surface area (Å²) in [7, 11) is 0. The monoisotopic (exact) mass is 345 g/mol. The maximum absolute atomic E-state index is 5.94. The number of likely N-dealkylation sites (N-methyl/N-ethyl adjacent to an activating group) is 1. The van der Waals surface area contributed by atoms with Crippen molar-refractivity contribution in [1.29, 1.82) is 0 Å². The Balaban J connectivity index is 1.44. The number of likely N-dealkylation sites (tertiary alicyclic amines) is 1. The van der Waals surface area contributed by atoms with Crippen LogP contribution in [0.3, 0.4) is 0 Å². The van der Waals surface area contributed by atoms with E-state index < -0.39 is 0 Å². The number of hydrogen-bond donors (Lipinski definition) is 0. The summed E-state index contributed by atoms with van der Waals surface area (Å²) in [6, 6.07) is 8.92.